The van der Waals surface area contributed by atoms with Crippen molar-refractivity contribution in [1.29, 1.82) is 0 Å². The van der Waals surface area contributed by atoms with Crippen molar-refractivity contribution in [1.82, 2.24) is 0 Å². The summed E-state index contributed by atoms with van der Waals surface area (Å²) in [7, 11) is 0. The lowest BCUT2D eigenvalue weighted by molar-refractivity contribution is 0.669. The van der Waals surface area contributed by atoms with E-state index < -0.39 is 5.41 Å². The van der Waals surface area contributed by atoms with E-state index in [2.05, 4.69) is 277 Å². The molecule has 0 fully saturated rings. The summed E-state index contributed by atoms with van der Waals surface area (Å²) in [6, 6.07) is 98.7. The van der Waals surface area contributed by atoms with Gasteiger partial charge in [0.15, 0.2) is 0 Å². The molecule has 13 aromatic carbocycles. The summed E-state index contributed by atoms with van der Waals surface area (Å²) in [4.78, 5) is 5.00. The van der Waals surface area contributed by atoms with E-state index in [1.807, 2.05) is 0 Å². The Balaban J connectivity index is 1.02. The molecule has 0 radical (unpaired) electrons. The quantitative estimate of drug-likeness (QED) is 0.166. The molecule has 0 amide bonds. The van der Waals surface area contributed by atoms with Gasteiger partial charge in [-0.2, -0.15) is 0 Å². The van der Waals surface area contributed by atoms with Crippen molar-refractivity contribution in [2.45, 2.75) is 5.41 Å². The first kappa shape index (κ1) is 41.0. The molecule has 14 aromatic rings. The second-order valence-electron chi connectivity index (χ2n) is 19.9. The molecule has 3 nitrogen and oxygen atoms in total. The maximum atomic E-state index is 7.03. The Morgan fingerprint density at radius 3 is 1.16 bits per heavy atom. The van der Waals surface area contributed by atoms with Crippen LogP contribution in [0.15, 0.2) is 271 Å². The molecule has 2 aliphatic rings. The number of benzene rings is 13. The van der Waals surface area contributed by atoms with Crippen LogP contribution < -0.4 is 9.80 Å². The lowest BCUT2D eigenvalue weighted by Crippen LogP contribution is -2.26. The third-order valence-electron chi connectivity index (χ3n) is 16.2. The van der Waals surface area contributed by atoms with Gasteiger partial charge in [0.25, 0.3) is 0 Å². The topological polar surface area (TPSA) is 19.6 Å². The highest BCUT2D eigenvalue weighted by atomic mass is 16.3. The van der Waals surface area contributed by atoms with Gasteiger partial charge >= 0.3 is 0 Å². The monoisotopic (exact) mass is 940 g/mol. The zero-order chi connectivity index (χ0) is 48.5. The minimum atomic E-state index is -0.734. The standard InChI is InChI=1S/C71H44N2O/c1-5-25-51-45(17-1)21-13-32-64(51)72(65-33-14-22-46-18-2-6-26-52(46)65)49-37-39-55-56-40-38-50(73(66-34-15-23-47-19-3-7-27-53(47)66)67-35-16-24-48-20-4-8-28-54(48)67)44-63(56)71(62(55)43-49)60-31-11-9-30-59(60)69-61(71)42-41-58-57-29-10-12-36-68(57)74-70(58)69/h1-44H. The Morgan fingerprint density at radius 2 is 0.676 bits per heavy atom. The highest BCUT2D eigenvalue weighted by Gasteiger charge is 2.53. The fraction of sp³-hybridized carbons (Fsp3) is 0.0141. The van der Waals surface area contributed by atoms with Gasteiger partial charge in [0, 0.05) is 49.3 Å². The molecule has 16 rings (SSSR count). The molecule has 1 spiro atoms. The predicted molar refractivity (Wildman–Crippen MR) is 309 cm³/mol. The van der Waals surface area contributed by atoms with Gasteiger partial charge in [-0.05, 0) is 115 Å². The first-order chi connectivity index (χ1) is 36.7. The molecule has 1 aromatic heterocycles. The summed E-state index contributed by atoms with van der Waals surface area (Å²) in [5.41, 5.74) is 17.5. The fourth-order valence-corrected chi connectivity index (χ4v) is 13.1. The van der Waals surface area contributed by atoms with Gasteiger partial charge in [-0.15, -0.1) is 0 Å². The normalized spacial score (nSPS) is 13.0. The number of nitrogens with zero attached hydrogens (tertiary/aromatic N) is 2. The molecule has 1 heterocycles. The van der Waals surface area contributed by atoms with Crippen LogP contribution in [0.5, 0.6) is 0 Å². The molecule has 0 saturated heterocycles. The molecule has 0 unspecified atom stereocenters. The Labute approximate surface area is 428 Å². The van der Waals surface area contributed by atoms with Crippen molar-refractivity contribution in [2.24, 2.45) is 0 Å². The Morgan fingerprint density at radius 1 is 0.270 bits per heavy atom. The summed E-state index contributed by atoms with van der Waals surface area (Å²) < 4.78 is 7.03. The molecular weight excluding hydrogens is 897 g/mol. The Bertz CT molecular complexity index is 4270. The SMILES string of the molecule is c1ccc2c(c1)-c1c(ccc3c1oc1ccccc13)C21c2cc(N(c3cccc4ccccc34)c3cccc4ccccc34)ccc2-c2ccc(N(c3cccc4ccccc34)c3cccc4ccccc34)cc21. The van der Waals surface area contributed by atoms with Crippen LogP contribution in [0.2, 0.25) is 0 Å². The van der Waals surface area contributed by atoms with Gasteiger partial charge in [-0.1, -0.05) is 212 Å². The lowest BCUT2D eigenvalue weighted by atomic mass is 9.70. The van der Waals surface area contributed by atoms with Gasteiger partial charge in [0.2, 0.25) is 0 Å². The number of anilines is 6. The van der Waals surface area contributed by atoms with E-state index >= 15 is 0 Å². The van der Waals surface area contributed by atoms with Gasteiger partial charge < -0.3 is 14.2 Å². The number of fused-ring (bicyclic) bond motifs is 18. The van der Waals surface area contributed by atoms with Crippen LogP contribution in [0, 0.1) is 0 Å². The van der Waals surface area contributed by atoms with Crippen LogP contribution in [0.3, 0.4) is 0 Å². The van der Waals surface area contributed by atoms with Crippen molar-refractivity contribution in [3.05, 3.63) is 289 Å². The maximum Gasteiger partial charge on any atom is 0.143 e. The summed E-state index contributed by atoms with van der Waals surface area (Å²) >= 11 is 0. The van der Waals surface area contributed by atoms with Crippen LogP contribution in [-0.4, -0.2) is 0 Å². The number of hydrogen-bond acceptors (Lipinski definition) is 3. The van der Waals surface area contributed by atoms with E-state index in [0.717, 1.165) is 61.6 Å². The smallest absolute Gasteiger partial charge is 0.143 e. The third-order valence-corrected chi connectivity index (χ3v) is 16.2. The molecule has 2 aliphatic carbocycles. The van der Waals surface area contributed by atoms with E-state index in [0.29, 0.717) is 0 Å². The summed E-state index contributed by atoms with van der Waals surface area (Å²) in [6.07, 6.45) is 0. The Hall–Kier alpha value is -9.70. The fourth-order valence-electron chi connectivity index (χ4n) is 13.1. The zero-order valence-electron chi connectivity index (χ0n) is 40.2. The van der Waals surface area contributed by atoms with Gasteiger partial charge in [-0.3, -0.25) is 0 Å². The van der Waals surface area contributed by atoms with Crippen LogP contribution in [-0.2, 0) is 5.41 Å². The van der Waals surface area contributed by atoms with Crippen molar-refractivity contribution >= 4 is 99.2 Å². The van der Waals surface area contributed by atoms with Gasteiger partial charge in [-0.25, -0.2) is 0 Å². The van der Waals surface area contributed by atoms with Gasteiger partial charge in [0.05, 0.1) is 28.2 Å². The zero-order valence-corrected chi connectivity index (χ0v) is 40.2. The van der Waals surface area contributed by atoms with Crippen molar-refractivity contribution in [2.75, 3.05) is 9.80 Å². The maximum absolute atomic E-state index is 7.03. The van der Waals surface area contributed by atoms with Crippen molar-refractivity contribution < 1.29 is 4.42 Å². The highest BCUT2D eigenvalue weighted by molar-refractivity contribution is 6.14. The molecule has 0 N–H and O–H groups in total. The first-order valence-electron chi connectivity index (χ1n) is 25.6. The average Bonchev–Trinajstić information content (AvgIpc) is 4.16. The summed E-state index contributed by atoms with van der Waals surface area (Å²) in [5.74, 6) is 0. The largest absolute Gasteiger partial charge is 0.455 e. The minimum absolute atomic E-state index is 0.734. The van der Waals surface area contributed by atoms with Crippen molar-refractivity contribution in [3.8, 4) is 22.3 Å². The molecule has 0 aliphatic heterocycles. The van der Waals surface area contributed by atoms with Crippen LogP contribution in [0.1, 0.15) is 22.3 Å². The number of para-hydroxylation sites is 1. The number of furan rings is 1. The highest BCUT2D eigenvalue weighted by Crippen LogP contribution is 2.65. The van der Waals surface area contributed by atoms with E-state index in [1.165, 1.54) is 82.0 Å². The van der Waals surface area contributed by atoms with Crippen LogP contribution in [0.25, 0.3) is 87.3 Å². The lowest BCUT2D eigenvalue weighted by Gasteiger charge is -2.34. The van der Waals surface area contributed by atoms with E-state index in [1.54, 1.807) is 0 Å². The molecule has 3 heteroatoms. The molecule has 0 atom stereocenters. The molecule has 0 bridgehead atoms. The second-order valence-corrected chi connectivity index (χ2v) is 19.9. The molecule has 74 heavy (non-hydrogen) atoms. The molecular formula is C71H44N2O. The van der Waals surface area contributed by atoms with E-state index in [4.69, 9.17) is 4.42 Å². The second kappa shape index (κ2) is 15.6. The Kier molecular flexibility index (Phi) is 8.66. The van der Waals surface area contributed by atoms with Crippen LogP contribution >= 0.6 is 0 Å². The van der Waals surface area contributed by atoms with E-state index in [9.17, 15) is 0 Å². The average molecular weight is 941 g/mol. The third kappa shape index (κ3) is 5.66. The van der Waals surface area contributed by atoms with Crippen LogP contribution in [0.4, 0.5) is 34.1 Å². The first-order valence-corrected chi connectivity index (χ1v) is 25.6. The molecule has 344 valence electrons. The summed E-state index contributed by atoms with van der Waals surface area (Å²) in [6.45, 7) is 0. The molecule has 0 saturated carbocycles. The van der Waals surface area contributed by atoms with E-state index in [-0.39, 0.29) is 0 Å². The van der Waals surface area contributed by atoms with Crippen molar-refractivity contribution in [3.63, 3.8) is 0 Å². The summed E-state index contributed by atoms with van der Waals surface area (Å²) in [5, 5.41) is 11.8. The minimum Gasteiger partial charge on any atom is -0.455 e. The van der Waals surface area contributed by atoms with Gasteiger partial charge in [0.1, 0.15) is 11.2 Å². The number of hydrogen-bond donors (Lipinski definition) is 0. The number of rotatable bonds is 6. The predicted octanol–water partition coefficient (Wildman–Crippen LogP) is 19.5.